The third-order valence-corrected chi connectivity index (χ3v) is 3.37. The summed E-state index contributed by atoms with van der Waals surface area (Å²) >= 11 is 6.02. The Bertz CT molecular complexity index is 459. The van der Waals surface area contributed by atoms with Crippen molar-refractivity contribution in [1.29, 1.82) is 0 Å². The van der Waals surface area contributed by atoms with E-state index in [-0.39, 0.29) is 17.7 Å². The topological polar surface area (TPSA) is 62.7 Å². The summed E-state index contributed by atoms with van der Waals surface area (Å²) in [6, 6.07) is 3.26. The van der Waals surface area contributed by atoms with Gasteiger partial charge in [-0.15, -0.1) is 0 Å². The van der Waals surface area contributed by atoms with Crippen LogP contribution in [-0.4, -0.2) is 46.7 Å². The fourth-order valence-electron chi connectivity index (χ4n) is 2.02. The highest BCUT2D eigenvalue weighted by Gasteiger charge is 2.25. The van der Waals surface area contributed by atoms with Crippen molar-refractivity contribution in [2.75, 3.05) is 19.7 Å². The van der Waals surface area contributed by atoms with E-state index in [4.69, 9.17) is 16.3 Å². The minimum atomic E-state index is -0.317. The van der Waals surface area contributed by atoms with Gasteiger partial charge in [0.2, 0.25) is 5.88 Å². The van der Waals surface area contributed by atoms with E-state index in [1.807, 2.05) is 6.92 Å². The van der Waals surface area contributed by atoms with E-state index >= 15 is 0 Å². The van der Waals surface area contributed by atoms with Crippen molar-refractivity contribution in [1.82, 2.24) is 9.88 Å². The van der Waals surface area contributed by atoms with Crippen molar-refractivity contribution in [2.24, 2.45) is 0 Å². The zero-order chi connectivity index (χ0) is 13.8. The fourth-order valence-corrected chi connectivity index (χ4v) is 2.21. The molecule has 0 aliphatic carbocycles. The molecule has 2 heterocycles. The maximum absolute atomic E-state index is 12.3. The molecular weight excluding hydrogens is 268 g/mol. The lowest BCUT2D eigenvalue weighted by atomic mass is 10.1. The van der Waals surface area contributed by atoms with Gasteiger partial charge in [-0.05, 0) is 25.8 Å². The Morgan fingerprint density at radius 1 is 1.53 bits per heavy atom. The number of carbonyl (C=O) groups excluding carboxylic acids is 1. The Hall–Kier alpha value is -1.33. The first-order valence-electron chi connectivity index (χ1n) is 6.38. The third-order valence-electron chi connectivity index (χ3n) is 3.07. The normalized spacial score (nSPS) is 16.5. The fraction of sp³-hybridized carbons (Fsp3) is 0.538. The monoisotopic (exact) mass is 284 g/mol. The van der Waals surface area contributed by atoms with E-state index in [2.05, 4.69) is 4.98 Å². The summed E-state index contributed by atoms with van der Waals surface area (Å²) in [5.41, 5.74) is 0.212. The van der Waals surface area contributed by atoms with Gasteiger partial charge in [0.1, 0.15) is 0 Å². The molecule has 0 bridgehead atoms. The lowest BCUT2D eigenvalue weighted by Crippen LogP contribution is -2.40. The van der Waals surface area contributed by atoms with Crippen LogP contribution in [0.15, 0.2) is 12.1 Å². The van der Waals surface area contributed by atoms with Crippen molar-refractivity contribution in [3.8, 4) is 5.88 Å². The van der Waals surface area contributed by atoms with Crippen LogP contribution in [0.1, 0.15) is 30.3 Å². The highest BCUT2D eigenvalue weighted by atomic mass is 35.5. The number of aliphatic hydroxyl groups excluding tert-OH is 1. The maximum Gasteiger partial charge on any atom is 0.274 e. The number of hydrogen-bond donors (Lipinski definition) is 1. The molecule has 1 aliphatic heterocycles. The van der Waals surface area contributed by atoms with E-state index in [1.165, 1.54) is 0 Å². The molecule has 0 unspecified atom stereocenters. The van der Waals surface area contributed by atoms with Gasteiger partial charge in [-0.2, -0.15) is 0 Å². The Kier molecular flexibility index (Phi) is 4.61. The molecule has 0 aromatic carbocycles. The smallest absolute Gasteiger partial charge is 0.274 e. The van der Waals surface area contributed by atoms with Gasteiger partial charge in [0, 0.05) is 19.2 Å². The number of amides is 1. The molecule has 0 saturated carbocycles. The minimum absolute atomic E-state index is 0.210. The number of piperidine rings is 1. The van der Waals surface area contributed by atoms with E-state index in [1.54, 1.807) is 17.0 Å². The van der Waals surface area contributed by atoms with Crippen LogP contribution in [0.5, 0.6) is 5.88 Å². The van der Waals surface area contributed by atoms with Crippen molar-refractivity contribution >= 4 is 17.5 Å². The first-order chi connectivity index (χ1) is 9.11. The standard InChI is InChI=1S/C13H17ClN2O3/c1-2-19-11-4-3-10(14)12(15-11)13(18)16-7-5-9(17)6-8-16/h3-4,9,17H,2,5-8H2,1H3. The zero-order valence-corrected chi connectivity index (χ0v) is 11.6. The summed E-state index contributed by atoms with van der Waals surface area (Å²) in [5.74, 6) is 0.186. The van der Waals surface area contributed by atoms with Crippen LogP contribution in [0.3, 0.4) is 0 Å². The van der Waals surface area contributed by atoms with Crippen molar-refractivity contribution < 1.29 is 14.6 Å². The molecule has 0 spiro atoms. The molecule has 1 aliphatic rings. The number of rotatable bonds is 3. The predicted octanol–water partition coefficient (Wildman–Crippen LogP) is 1.73. The second-order valence-electron chi connectivity index (χ2n) is 4.44. The highest BCUT2D eigenvalue weighted by Crippen LogP contribution is 2.21. The SMILES string of the molecule is CCOc1ccc(Cl)c(C(=O)N2CCC(O)CC2)n1. The summed E-state index contributed by atoms with van der Waals surface area (Å²) in [4.78, 5) is 18.1. The molecule has 104 valence electrons. The van der Waals surface area contributed by atoms with Crippen LogP contribution in [0, 0.1) is 0 Å². The van der Waals surface area contributed by atoms with E-state index in [9.17, 15) is 9.90 Å². The Balaban J connectivity index is 2.15. The van der Waals surface area contributed by atoms with Crippen molar-refractivity contribution in [3.05, 3.63) is 22.8 Å². The number of ether oxygens (including phenoxy) is 1. The van der Waals surface area contributed by atoms with Crippen LogP contribution in [0.25, 0.3) is 0 Å². The average molecular weight is 285 g/mol. The first-order valence-corrected chi connectivity index (χ1v) is 6.76. The largest absolute Gasteiger partial charge is 0.478 e. The number of aliphatic hydroxyl groups is 1. The number of pyridine rings is 1. The molecule has 2 rings (SSSR count). The van der Waals surface area contributed by atoms with E-state index in [0.29, 0.717) is 43.4 Å². The average Bonchev–Trinajstić information content (AvgIpc) is 2.41. The lowest BCUT2D eigenvalue weighted by molar-refractivity contribution is 0.0541. The highest BCUT2D eigenvalue weighted by molar-refractivity contribution is 6.33. The molecule has 1 saturated heterocycles. The molecule has 1 N–H and O–H groups in total. The second kappa shape index (κ2) is 6.21. The number of hydrogen-bond acceptors (Lipinski definition) is 4. The minimum Gasteiger partial charge on any atom is -0.478 e. The first kappa shape index (κ1) is 14.1. The lowest BCUT2D eigenvalue weighted by Gasteiger charge is -2.29. The predicted molar refractivity (Wildman–Crippen MR) is 71.6 cm³/mol. The summed E-state index contributed by atoms with van der Waals surface area (Å²) in [6.07, 6.45) is 0.866. The van der Waals surface area contributed by atoms with Crippen LogP contribution in [0.4, 0.5) is 0 Å². The number of halogens is 1. The zero-order valence-electron chi connectivity index (χ0n) is 10.8. The van der Waals surface area contributed by atoms with Crippen LogP contribution in [0.2, 0.25) is 5.02 Å². The Morgan fingerprint density at radius 3 is 2.84 bits per heavy atom. The summed E-state index contributed by atoms with van der Waals surface area (Å²) in [7, 11) is 0. The molecule has 6 heteroatoms. The summed E-state index contributed by atoms with van der Waals surface area (Å²) in [6.45, 7) is 3.38. The number of carbonyl (C=O) groups is 1. The van der Waals surface area contributed by atoms with Gasteiger partial charge in [0.25, 0.3) is 5.91 Å². The number of aromatic nitrogens is 1. The van der Waals surface area contributed by atoms with Gasteiger partial charge in [-0.25, -0.2) is 4.98 Å². The molecular formula is C13H17ClN2O3. The van der Waals surface area contributed by atoms with Gasteiger partial charge in [0.05, 0.1) is 17.7 Å². The number of likely N-dealkylation sites (tertiary alicyclic amines) is 1. The van der Waals surface area contributed by atoms with Crippen molar-refractivity contribution in [2.45, 2.75) is 25.9 Å². The van der Waals surface area contributed by atoms with Gasteiger partial charge < -0.3 is 14.7 Å². The molecule has 0 atom stereocenters. The van der Waals surface area contributed by atoms with Crippen LogP contribution >= 0.6 is 11.6 Å². The Labute approximate surface area is 117 Å². The molecule has 1 aromatic rings. The molecule has 1 fully saturated rings. The molecule has 0 radical (unpaired) electrons. The van der Waals surface area contributed by atoms with Crippen molar-refractivity contribution in [3.63, 3.8) is 0 Å². The summed E-state index contributed by atoms with van der Waals surface area (Å²) < 4.78 is 5.28. The third kappa shape index (κ3) is 3.36. The molecule has 19 heavy (non-hydrogen) atoms. The van der Waals surface area contributed by atoms with E-state index < -0.39 is 0 Å². The Morgan fingerprint density at radius 2 is 2.21 bits per heavy atom. The maximum atomic E-state index is 12.3. The quantitative estimate of drug-likeness (QED) is 0.918. The van der Waals surface area contributed by atoms with Crippen LogP contribution < -0.4 is 4.74 Å². The van der Waals surface area contributed by atoms with Gasteiger partial charge >= 0.3 is 0 Å². The van der Waals surface area contributed by atoms with Crippen LogP contribution in [-0.2, 0) is 0 Å². The molecule has 5 nitrogen and oxygen atoms in total. The molecule has 1 amide bonds. The summed E-state index contributed by atoms with van der Waals surface area (Å²) in [5, 5.41) is 9.77. The second-order valence-corrected chi connectivity index (χ2v) is 4.84. The van der Waals surface area contributed by atoms with Gasteiger partial charge in [-0.1, -0.05) is 11.6 Å². The van der Waals surface area contributed by atoms with Gasteiger partial charge in [0.15, 0.2) is 5.69 Å². The molecule has 1 aromatic heterocycles. The van der Waals surface area contributed by atoms with Gasteiger partial charge in [-0.3, -0.25) is 4.79 Å². The van der Waals surface area contributed by atoms with E-state index in [0.717, 1.165) is 0 Å². The number of nitrogens with zero attached hydrogens (tertiary/aromatic N) is 2.